The zero-order chi connectivity index (χ0) is 38.3. The number of hydrogen-bond acceptors (Lipinski definition) is 3. The third kappa shape index (κ3) is 11.6. The van der Waals surface area contributed by atoms with Gasteiger partial charge in [0.25, 0.3) is 0 Å². The average molecular weight is 744 g/mol. The SMILES string of the molecule is C#CC#CC#CC#CC#CC#CC#CC#CC#CC#CC#COc1ccc(C(NC(=O)OCC2c3ccccc3-c3ccccc32)c2ccc(C)cc2)cc1.[HH].[HH].[HH].[HH].[HH].[HH].[HH].[HH].[HH].[HH].[HH].[HH].[HH].[HH].[HH].[HH].[HH].[HH].[HH].[HH].[HH].[HH]. The van der Waals surface area contributed by atoms with Gasteiger partial charge in [-0.2, -0.15) is 0 Å². The van der Waals surface area contributed by atoms with Crippen LogP contribution in [0.4, 0.5) is 4.79 Å². The van der Waals surface area contributed by atoms with Crippen LogP contribution in [-0.4, -0.2) is 12.7 Å². The van der Waals surface area contributed by atoms with Crippen LogP contribution in [0.25, 0.3) is 11.1 Å². The molecule has 1 aliphatic carbocycles. The lowest BCUT2D eigenvalue weighted by atomic mass is 9.97. The highest BCUT2D eigenvalue weighted by atomic mass is 16.5. The van der Waals surface area contributed by atoms with E-state index in [2.05, 4.69) is 154 Å². The van der Waals surface area contributed by atoms with E-state index in [1.54, 1.807) is 12.1 Å². The summed E-state index contributed by atoms with van der Waals surface area (Å²) in [6.45, 7) is 2.24. The molecule has 0 saturated carbocycles. The van der Waals surface area contributed by atoms with Crippen molar-refractivity contribution in [2.24, 2.45) is 0 Å². The monoisotopic (exact) mass is 744 g/mol. The van der Waals surface area contributed by atoms with Gasteiger partial charge in [-0.05, 0) is 99.8 Å². The zero-order valence-electron chi connectivity index (χ0n) is 29.4. The smallest absolute Gasteiger partial charge is 0.407 e. The molecule has 0 aromatic heterocycles. The number of amides is 1. The van der Waals surface area contributed by atoms with Crippen molar-refractivity contribution in [2.45, 2.75) is 18.9 Å². The molecule has 0 spiro atoms. The first-order valence-electron chi connectivity index (χ1n) is 16.5. The maximum atomic E-state index is 13.3. The molecule has 0 bridgehead atoms. The second kappa shape index (κ2) is 20.7. The number of aryl methyl sites for hydroxylation is 1. The molecular formula is C51H69NO3. The van der Waals surface area contributed by atoms with Gasteiger partial charge in [0.1, 0.15) is 18.5 Å². The number of alkyl carbamates (subject to hydrolysis) is 1. The van der Waals surface area contributed by atoms with Crippen LogP contribution in [-0.2, 0) is 4.74 Å². The molecule has 55 heavy (non-hydrogen) atoms. The highest BCUT2D eigenvalue weighted by Gasteiger charge is 2.29. The summed E-state index contributed by atoms with van der Waals surface area (Å²) in [4.78, 5) is 13.3. The predicted octanol–water partition coefficient (Wildman–Crippen LogP) is 12.0. The largest absolute Gasteiger partial charge is 0.449 e. The Morgan fingerprint density at radius 3 is 1.49 bits per heavy atom. The van der Waals surface area contributed by atoms with E-state index in [-0.39, 0.29) is 43.9 Å². The lowest BCUT2D eigenvalue weighted by Gasteiger charge is -2.21. The Morgan fingerprint density at radius 1 is 0.600 bits per heavy atom. The molecule has 1 N–H and O–H groups in total. The second-order valence-corrected chi connectivity index (χ2v) is 11.1. The van der Waals surface area contributed by atoms with Gasteiger partial charge >= 0.3 is 6.09 Å². The van der Waals surface area contributed by atoms with E-state index in [1.165, 1.54) is 11.1 Å². The topological polar surface area (TPSA) is 47.6 Å². The Morgan fingerprint density at radius 2 is 1.02 bits per heavy atom. The quantitative estimate of drug-likeness (QED) is 0.200. The second-order valence-electron chi connectivity index (χ2n) is 11.1. The molecule has 4 aromatic carbocycles. The number of nitrogens with one attached hydrogen (secondary N) is 1. The Bertz CT molecular complexity index is 2830. The van der Waals surface area contributed by atoms with E-state index in [9.17, 15) is 4.79 Å². The Labute approximate surface area is 355 Å². The summed E-state index contributed by atoms with van der Waals surface area (Å²) in [5, 5.41) is 3.07. The van der Waals surface area contributed by atoms with Crippen molar-refractivity contribution < 1.29 is 45.7 Å². The van der Waals surface area contributed by atoms with Gasteiger partial charge in [0.05, 0.1) is 6.04 Å². The average Bonchev–Trinajstić information content (AvgIpc) is 3.54. The van der Waals surface area contributed by atoms with Crippen molar-refractivity contribution in [1.29, 1.82) is 0 Å². The Hall–Kier alpha value is -8.89. The molecule has 0 radical (unpaired) electrons. The van der Waals surface area contributed by atoms with Crippen molar-refractivity contribution in [1.82, 2.24) is 5.32 Å². The van der Waals surface area contributed by atoms with Gasteiger partial charge in [-0.15, -0.1) is 6.42 Å². The zero-order valence-corrected chi connectivity index (χ0v) is 29.4. The molecule has 1 amide bonds. The molecule has 0 aliphatic heterocycles. The lowest BCUT2D eigenvalue weighted by molar-refractivity contribution is 0.140. The van der Waals surface area contributed by atoms with Gasteiger partial charge in [0.2, 0.25) is 0 Å². The molecule has 4 heteroatoms. The number of hydrogen-bond donors (Lipinski definition) is 1. The molecule has 1 atom stereocenters. The van der Waals surface area contributed by atoms with Crippen LogP contribution in [0.3, 0.4) is 0 Å². The van der Waals surface area contributed by atoms with Crippen LogP contribution >= 0.6 is 0 Å². The molecule has 4 nitrogen and oxygen atoms in total. The van der Waals surface area contributed by atoms with Crippen LogP contribution in [0, 0.1) is 138 Å². The summed E-state index contributed by atoms with van der Waals surface area (Å²) >= 11 is 0. The number of ether oxygens (including phenoxy) is 2. The first kappa shape index (κ1) is 37.4. The molecule has 4 aromatic rings. The molecule has 296 valence electrons. The minimum atomic E-state index is -0.510. The highest BCUT2D eigenvalue weighted by Crippen LogP contribution is 2.44. The summed E-state index contributed by atoms with van der Waals surface area (Å²) in [5.74, 6) is 50.3. The molecule has 0 fully saturated rings. The van der Waals surface area contributed by atoms with Gasteiger partial charge in [0.15, 0.2) is 0 Å². The van der Waals surface area contributed by atoms with Crippen molar-refractivity contribution in [2.75, 3.05) is 6.61 Å². The van der Waals surface area contributed by atoms with E-state index in [0.717, 1.165) is 27.8 Å². The van der Waals surface area contributed by atoms with Crippen molar-refractivity contribution >= 4 is 6.09 Å². The maximum absolute atomic E-state index is 13.3. The first-order chi connectivity index (χ1) is 27.1. The molecule has 0 saturated heterocycles. The fourth-order valence-corrected chi connectivity index (χ4v) is 5.28. The third-order valence-corrected chi connectivity index (χ3v) is 7.65. The third-order valence-electron chi connectivity index (χ3n) is 7.65. The van der Waals surface area contributed by atoms with Crippen LogP contribution in [0.15, 0.2) is 97.1 Å². The fourth-order valence-electron chi connectivity index (χ4n) is 5.28. The van der Waals surface area contributed by atoms with Gasteiger partial charge in [-0.1, -0.05) is 90.5 Å². The van der Waals surface area contributed by atoms with Gasteiger partial charge in [-0.25, -0.2) is 4.79 Å². The summed E-state index contributed by atoms with van der Waals surface area (Å²) in [7, 11) is 0. The van der Waals surface area contributed by atoms with E-state index in [4.69, 9.17) is 15.9 Å². The Kier molecular flexibility index (Phi) is 14.1. The fraction of sp³-hybridized carbons (Fsp3) is 0.0784. The summed E-state index contributed by atoms with van der Waals surface area (Å²) < 4.78 is 11.4. The number of fused-ring (bicyclic) bond motifs is 3. The van der Waals surface area contributed by atoms with Crippen molar-refractivity contribution in [3.05, 3.63) is 125 Å². The molecule has 1 aliphatic rings. The van der Waals surface area contributed by atoms with Crippen LogP contribution in [0.2, 0.25) is 0 Å². The van der Waals surface area contributed by atoms with Crippen LogP contribution in [0.5, 0.6) is 5.75 Å². The summed E-state index contributed by atoms with van der Waals surface area (Å²) in [5.41, 5.74) is 7.52. The molecule has 5 rings (SSSR count). The van der Waals surface area contributed by atoms with Crippen LogP contribution < -0.4 is 10.1 Å². The normalized spacial score (nSPS) is 9.53. The minimum absolute atomic E-state index is 0. The first-order valence-corrected chi connectivity index (χ1v) is 16.5. The van der Waals surface area contributed by atoms with Gasteiger partial charge < -0.3 is 14.8 Å². The number of benzene rings is 4. The van der Waals surface area contributed by atoms with Gasteiger partial charge in [0, 0.05) is 108 Å². The van der Waals surface area contributed by atoms with Gasteiger partial charge in [-0.3, -0.25) is 0 Å². The summed E-state index contributed by atoms with van der Waals surface area (Å²) in [6, 6.07) is 31.3. The van der Waals surface area contributed by atoms with Crippen molar-refractivity contribution in [3.63, 3.8) is 0 Å². The highest BCUT2D eigenvalue weighted by molar-refractivity contribution is 5.79. The molecular weight excluding hydrogens is 675 g/mol. The van der Waals surface area contributed by atoms with E-state index in [0.29, 0.717) is 5.75 Å². The number of carbonyl (C=O) groups excluding carboxylic acids is 1. The molecule has 1 unspecified atom stereocenters. The van der Waals surface area contributed by atoms with Crippen molar-refractivity contribution in [3.8, 4) is 148 Å². The van der Waals surface area contributed by atoms with E-state index in [1.807, 2.05) is 67.6 Å². The Balaban J connectivity index is -0.0000000989. The molecule has 0 heterocycles. The lowest BCUT2D eigenvalue weighted by Crippen LogP contribution is -2.31. The standard InChI is InChI=1S/C51H25NO3.22H2/c1-3-4-5-6-7-8-9-10-11-12-13-14-15-16-17-18-19-20-21-26-39-54-44-37-35-43(36-38-44)50(42-33-31-41(2)32-34-42)52-51(53)55-40-49-47-29-24-22-27-45(47)46-28-23-25-30-48(46)49;;;;;;;;;;;;;;;;;;;;;;/h1,22-25,27-38,49-50H,40H2,2H3,(H,52,53);22*1H. The number of carbonyl (C=O) groups is 1. The summed E-state index contributed by atoms with van der Waals surface area (Å²) in [6.07, 6.45) is 7.00. The number of terminal acetylenes is 1. The maximum Gasteiger partial charge on any atom is 0.407 e. The van der Waals surface area contributed by atoms with E-state index >= 15 is 0 Å². The number of rotatable bonds is 6. The predicted molar refractivity (Wildman–Crippen MR) is 261 cm³/mol. The van der Waals surface area contributed by atoms with Crippen LogP contribution in [0.1, 0.15) is 71.2 Å². The van der Waals surface area contributed by atoms with E-state index < -0.39 is 12.1 Å². The minimum Gasteiger partial charge on any atom is -0.449 e.